The molecule has 0 aliphatic carbocycles. The van der Waals surface area contributed by atoms with Crippen molar-refractivity contribution in [3.05, 3.63) is 75.8 Å². The van der Waals surface area contributed by atoms with E-state index in [2.05, 4.69) is 15.5 Å². The van der Waals surface area contributed by atoms with Crippen molar-refractivity contribution in [1.29, 1.82) is 0 Å². The number of hydrogen-bond acceptors (Lipinski definition) is 6. The second-order valence-electron chi connectivity index (χ2n) is 5.64. The Bertz CT molecular complexity index is 896. The third-order valence-corrected chi connectivity index (χ3v) is 4.92. The summed E-state index contributed by atoms with van der Waals surface area (Å²) in [6.45, 7) is 1.84. The van der Waals surface area contributed by atoms with Crippen molar-refractivity contribution in [3.8, 4) is 0 Å². The Morgan fingerprint density at radius 3 is 2.62 bits per heavy atom. The molecule has 2 aromatic rings. The first kappa shape index (κ1) is 17.8. The molecular formula is C18H16N4O3S. The molecule has 0 spiro atoms. The van der Waals surface area contributed by atoms with Gasteiger partial charge in [-0.3, -0.25) is 14.9 Å². The quantitative estimate of drug-likeness (QED) is 0.498. The molecule has 1 atom stereocenters. The molecule has 8 heteroatoms. The van der Waals surface area contributed by atoms with E-state index in [4.69, 9.17) is 0 Å². The van der Waals surface area contributed by atoms with E-state index in [1.165, 1.54) is 17.8 Å². The molecule has 132 valence electrons. The van der Waals surface area contributed by atoms with E-state index < -0.39 is 10.2 Å². The largest absolute Gasteiger partial charge is 0.303 e. The molecule has 0 unspecified atom stereocenters. The van der Waals surface area contributed by atoms with E-state index in [1.54, 1.807) is 18.2 Å². The van der Waals surface area contributed by atoms with Gasteiger partial charge in [-0.05, 0) is 12.5 Å². The molecule has 1 amide bonds. The normalized spacial score (nSPS) is 18.8. The summed E-state index contributed by atoms with van der Waals surface area (Å²) in [6, 6.07) is 16.0. The van der Waals surface area contributed by atoms with E-state index in [0.717, 1.165) is 11.3 Å². The molecule has 3 rings (SSSR count). The third kappa shape index (κ3) is 4.15. The Hall–Kier alpha value is -3.00. The second-order valence-corrected chi connectivity index (χ2v) is 6.83. The lowest BCUT2D eigenvalue weighted by molar-refractivity contribution is -0.385. The number of nitro groups is 1. The molecular weight excluding hydrogens is 352 g/mol. The average Bonchev–Trinajstić information content (AvgIpc) is 3.00. The number of rotatable bonds is 5. The zero-order chi connectivity index (χ0) is 18.5. The lowest BCUT2D eigenvalue weighted by Gasteiger charge is -2.05. The van der Waals surface area contributed by atoms with Crippen LogP contribution in [-0.2, 0) is 11.2 Å². The van der Waals surface area contributed by atoms with Crippen LogP contribution >= 0.6 is 11.8 Å². The Morgan fingerprint density at radius 1 is 1.19 bits per heavy atom. The number of carbonyl (C=O) groups excluding carboxylic acids is 1. The Balaban J connectivity index is 1.72. The second kappa shape index (κ2) is 7.92. The molecule has 1 saturated heterocycles. The Kier molecular flexibility index (Phi) is 5.43. The summed E-state index contributed by atoms with van der Waals surface area (Å²) >= 11 is 1.23. The van der Waals surface area contributed by atoms with E-state index in [-0.39, 0.29) is 18.0 Å². The lowest BCUT2D eigenvalue weighted by atomic mass is 10.1. The summed E-state index contributed by atoms with van der Waals surface area (Å²) in [5, 5.41) is 22.0. The molecule has 1 N–H and O–H groups in total. The van der Waals surface area contributed by atoms with Gasteiger partial charge in [-0.1, -0.05) is 60.3 Å². The van der Waals surface area contributed by atoms with Gasteiger partial charge in [0.05, 0.1) is 15.9 Å². The summed E-state index contributed by atoms with van der Waals surface area (Å²) in [6.07, 6.45) is 0.258. The van der Waals surface area contributed by atoms with Crippen LogP contribution in [0.25, 0.3) is 0 Å². The van der Waals surface area contributed by atoms with Crippen LogP contribution in [0.2, 0.25) is 0 Å². The minimum atomic E-state index is -0.470. The van der Waals surface area contributed by atoms with Crippen LogP contribution in [0.4, 0.5) is 5.69 Å². The van der Waals surface area contributed by atoms with Gasteiger partial charge in [-0.15, -0.1) is 5.10 Å². The number of nitro benzene ring substituents is 1. The van der Waals surface area contributed by atoms with Crippen LogP contribution in [0.3, 0.4) is 0 Å². The van der Waals surface area contributed by atoms with Crippen LogP contribution in [0.5, 0.6) is 0 Å². The van der Waals surface area contributed by atoms with Gasteiger partial charge in [0.25, 0.3) is 5.69 Å². The fraction of sp³-hybridized carbons (Fsp3) is 0.167. The van der Waals surface area contributed by atoms with Crippen LogP contribution in [0, 0.1) is 10.1 Å². The lowest BCUT2D eigenvalue weighted by Crippen LogP contribution is -2.26. The first-order chi connectivity index (χ1) is 12.5. The minimum absolute atomic E-state index is 0.0178. The molecule has 1 heterocycles. The van der Waals surface area contributed by atoms with Crippen molar-refractivity contribution in [2.75, 3.05) is 0 Å². The fourth-order valence-corrected chi connectivity index (χ4v) is 3.45. The predicted octanol–water partition coefficient (Wildman–Crippen LogP) is 3.15. The number of nitrogens with zero attached hydrogens (tertiary/aromatic N) is 3. The van der Waals surface area contributed by atoms with Crippen LogP contribution < -0.4 is 5.32 Å². The molecule has 1 aliphatic heterocycles. The first-order valence-electron chi connectivity index (χ1n) is 7.92. The topological polar surface area (TPSA) is 97.0 Å². The number of hydrogen-bond donors (Lipinski definition) is 1. The summed E-state index contributed by atoms with van der Waals surface area (Å²) in [4.78, 5) is 22.8. The number of para-hydroxylation sites is 1. The van der Waals surface area contributed by atoms with Crippen molar-refractivity contribution in [2.24, 2.45) is 10.2 Å². The summed E-state index contributed by atoms with van der Waals surface area (Å²) in [5.41, 5.74) is 2.22. The maximum Gasteiger partial charge on any atom is 0.272 e. The average molecular weight is 368 g/mol. The van der Waals surface area contributed by atoms with Gasteiger partial charge in [0.2, 0.25) is 5.91 Å². The number of carbonyl (C=O) groups is 1. The number of amides is 1. The smallest absolute Gasteiger partial charge is 0.272 e. The number of thioether (sulfide) groups is 1. The highest BCUT2D eigenvalue weighted by Crippen LogP contribution is 2.27. The molecule has 2 aromatic carbocycles. The summed E-state index contributed by atoms with van der Waals surface area (Å²) < 4.78 is 0. The first-order valence-corrected chi connectivity index (χ1v) is 8.80. The van der Waals surface area contributed by atoms with Crippen LogP contribution in [-0.4, -0.2) is 27.0 Å². The number of benzene rings is 2. The zero-order valence-electron chi connectivity index (χ0n) is 14.0. The molecule has 0 saturated carbocycles. The fourth-order valence-electron chi connectivity index (χ4n) is 2.51. The van der Waals surface area contributed by atoms with Crippen LogP contribution in [0.1, 0.15) is 18.1 Å². The Morgan fingerprint density at radius 2 is 1.88 bits per heavy atom. The molecule has 7 nitrogen and oxygen atoms in total. The van der Waals surface area contributed by atoms with E-state index in [9.17, 15) is 14.9 Å². The van der Waals surface area contributed by atoms with Gasteiger partial charge in [0, 0.05) is 18.1 Å². The zero-order valence-corrected chi connectivity index (χ0v) is 14.8. The SMILES string of the molecule is C/C(=N/N=C1\NC(=O)[C@@H](Cc2ccccc2[N+](=O)[O-])S1)c1ccccc1. The standard InChI is InChI=1S/C18H16N4O3S/c1-12(13-7-3-2-4-8-13)20-21-18-19-17(23)16(26-18)11-14-9-5-6-10-15(14)22(24)25/h2-10,16H,11H2,1H3,(H,19,21,23)/b20-12-/t16-/m1/s1. The van der Waals surface area contributed by atoms with Gasteiger partial charge in [0.1, 0.15) is 0 Å². The van der Waals surface area contributed by atoms with E-state index in [1.807, 2.05) is 37.3 Å². The predicted molar refractivity (Wildman–Crippen MR) is 102 cm³/mol. The molecule has 26 heavy (non-hydrogen) atoms. The summed E-state index contributed by atoms with van der Waals surface area (Å²) in [7, 11) is 0. The van der Waals surface area contributed by atoms with E-state index in [0.29, 0.717) is 10.7 Å². The van der Waals surface area contributed by atoms with Crippen molar-refractivity contribution in [3.63, 3.8) is 0 Å². The van der Waals surface area contributed by atoms with Crippen molar-refractivity contribution >= 4 is 34.2 Å². The molecule has 1 fully saturated rings. The summed E-state index contributed by atoms with van der Waals surface area (Å²) in [5.74, 6) is -0.223. The molecule has 1 aliphatic rings. The van der Waals surface area contributed by atoms with Gasteiger partial charge in [-0.25, -0.2) is 0 Å². The Labute approximate surface area is 154 Å². The van der Waals surface area contributed by atoms with Gasteiger partial charge >= 0.3 is 0 Å². The highest BCUT2D eigenvalue weighted by molar-refractivity contribution is 8.15. The van der Waals surface area contributed by atoms with Crippen molar-refractivity contribution < 1.29 is 9.72 Å². The molecule has 0 bridgehead atoms. The van der Waals surface area contributed by atoms with Crippen molar-refractivity contribution in [1.82, 2.24) is 5.32 Å². The minimum Gasteiger partial charge on any atom is -0.303 e. The highest BCUT2D eigenvalue weighted by atomic mass is 32.2. The molecule has 0 radical (unpaired) electrons. The maximum atomic E-state index is 12.2. The number of amidine groups is 1. The van der Waals surface area contributed by atoms with Crippen LogP contribution in [0.15, 0.2) is 64.8 Å². The van der Waals surface area contributed by atoms with Gasteiger partial charge < -0.3 is 5.32 Å². The molecule has 0 aromatic heterocycles. The maximum absolute atomic E-state index is 12.2. The number of nitrogens with one attached hydrogen (secondary N) is 1. The van der Waals surface area contributed by atoms with Crippen molar-refractivity contribution in [2.45, 2.75) is 18.6 Å². The van der Waals surface area contributed by atoms with Gasteiger partial charge in [0.15, 0.2) is 5.17 Å². The highest BCUT2D eigenvalue weighted by Gasteiger charge is 2.32. The third-order valence-electron chi connectivity index (χ3n) is 3.85. The van der Waals surface area contributed by atoms with Gasteiger partial charge in [-0.2, -0.15) is 5.10 Å². The van der Waals surface area contributed by atoms with E-state index >= 15 is 0 Å². The monoisotopic (exact) mass is 368 g/mol.